The first-order chi connectivity index (χ1) is 11.7. The molecule has 1 aliphatic heterocycles. The van der Waals surface area contributed by atoms with Crippen LogP contribution in [0.1, 0.15) is 54.7 Å². The van der Waals surface area contributed by atoms with E-state index in [4.69, 9.17) is 0 Å². The number of aromatic nitrogens is 1. The van der Waals surface area contributed by atoms with E-state index in [1.807, 2.05) is 6.92 Å². The Labute approximate surface area is 149 Å². The topological polar surface area (TPSA) is 45.2 Å². The minimum absolute atomic E-state index is 0.0191. The largest absolute Gasteiger partial charge is 0.391 e. The second-order valence-corrected chi connectivity index (χ2v) is 8.36. The van der Waals surface area contributed by atoms with E-state index < -0.39 is 12.1 Å². The quantitative estimate of drug-likeness (QED) is 0.837. The highest BCUT2D eigenvalue weighted by molar-refractivity contribution is 7.11. The van der Waals surface area contributed by atoms with Crippen molar-refractivity contribution in [2.45, 2.75) is 58.2 Å². The number of rotatable bonds is 2. The van der Waals surface area contributed by atoms with Crippen LogP contribution < -0.4 is 5.32 Å². The zero-order valence-corrected chi connectivity index (χ0v) is 15.3. The summed E-state index contributed by atoms with van der Waals surface area (Å²) in [5.74, 6) is -0.623. The molecule has 3 rings (SSSR count). The number of halogens is 3. The smallest absolute Gasteiger partial charge is 0.329 e. The molecule has 1 saturated heterocycles. The summed E-state index contributed by atoms with van der Waals surface area (Å²) < 4.78 is 38.1. The summed E-state index contributed by atoms with van der Waals surface area (Å²) in [5, 5.41) is 3.78. The van der Waals surface area contributed by atoms with Gasteiger partial charge in [0.1, 0.15) is 5.01 Å². The predicted molar refractivity (Wildman–Crippen MR) is 90.6 cm³/mol. The van der Waals surface area contributed by atoms with Crippen LogP contribution >= 0.6 is 11.3 Å². The first kappa shape index (κ1) is 18.5. The summed E-state index contributed by atoms with van der Waals surface area (Å²) in [7, 11) is 0. The van der Waals surface area contributed by atoms with E-state index >= 15 is 0 Å². The monoisotopic (exact) mass is 375 g/mol. The van der Waals surface area contributed by atoms with E-state index in [0.717, 1.165) is 30.0 Å². The van der Waals surface area contributed by atoms with Gasteiger partial charge in [-0.3, -0.25) is 0 Å². The van der Waals surface area contributed by atoms with Crippen molar-refractivity contribution in [3.63, 3.8) is 0 Å². The molecule has 0 bridgehead atoms. The molecule has 8 heteroatoms. The molecule has 2 atom stereocenters. The Morgan fingerprint density at radius 3 is 2.64 bits per heavy atom. The molecule has 1 N–H and O–H groups in total. The number of urea groups is 1. The van der Waals surface area contributed by atoms with Gasteiger partial charge < -0.3 is 10.2 Å². The molecule has 0 saturated carbocycles. The second kappa shape index (κ2) is 7.13. The van der Waals surface area contributed by atoms with Crippen LogP contribution in [0, 0.1) is 11.8 Å². The molecule has 0 spiro atoms. The number of carbonyl (C=O) groups excluding carboxylic acids is 1. The Bertz CT molecular complexity index is 623. The molecule has 25 heavy (non-hydrogen) atoms. The molecule has 2 unspecified atom stereocenters. The Balaban J connectivity index is 1.55. The van der Waals surface area contributed by atoms with E-state index in [-0.39, 0.29) is 38.0 Å². The molecule has 2 heterocycles. The fourth-order valence-electron chi connectivity index (χ4n) is 3.49. The van der Waals surface area contributed by atoms with Crippen molar-refractivity contribution in [2.75, 3.05) is 13.1 Å². The number of amides is 2. The lowest BCUT2D eigenvalue weighted by atomic mass is 9.93. The van der Waals surface area contributed by atoms with Crippen LogP contribution in [0.4, 0.5) is 18.0 Å². The minimum Gasteiger partial charge on any atom is -0.329 e. The van der Waals surface area contributed by atoms with Crippen LogP contribution in [0.5, 0.6) is 0 Å². The maximum atomic E-state index is 12.7. The number of fused-ring (bicyclic) bond motifs is 1. The summed E-state index contributed by atoms with van der Waals surface area (Å²) in [4.78, 5) is 19.8. The number of alkyl halides is 3. The number of carbonyl (C=O) groups is 1. The molecule has 1 aromatic rings. The van der Waals surface area contributed by atoms with E-state index in [1.165, 1.54) is 9.78 Å². The second-order valence-electron chi connectivity index (χ2n) is 7.24. The lowest BCUT2D eigenvalue weighted by Crippen LogP contribution is -2.47. The minimum atomic E-state index is -4.16. The average molecular weight is 375 g/mol. The third-order valence-corrected chi connectivity index (χ3v) is 6.46. The van der Waals surface area contributed by atoms with Gasteiger partial charge in [0.05, 0.1) is 17.7 Å². The van der Waals surface area contributed by atoms with Gasteiger partial charge in [-0.15, -0.1) is 11.3 Å². The highest BCUT2D eigenvalue weighted by Crippen LogP contribution is 2.35. The number of hydrogen-bond acceptors (Lipinski definition) is 3. The van der Waals surface area contributed by atoms with Crippen molar-refractivity contribution in [3.8, 4) is 0 Å². The summed E-state index contributed by atoms with van der Waals surface area (Å²) in [5.41, 5.74) is 1.14. The van der Waals surface area contributed by atoms with Crippen LogP contribution in [0.25, 0.3) is 0 Å². The Morgan fingerprint density at radius 1 is 1.32 bits per heavy atom. The Morgan fingerprint density at radius 2 is 2.00 bits per heavy atom. The SMILES string of the molecule is CC1CCc2nc(C(C)NC(=O)N3CCC(C(F)(F)F)CC3)sc2C1. The molecular formula is C17H24F3N3OS. The first-order valence-corrected chi connectivity index (χ1v) is 9.66. The van der Waals surface area contributed by atoms with Gasteiger partial charge in [0.2, 0.25) is 0 Å². The van der Waals surface area contributed by atoms with E-state index in [2.05, 4.69) is 17.2 Å². The molecule has 2 amide bonds. The average Bonchev–Trinajstić information content (AvgIpc) is 2.97. The highest BCUT2D eigenvalue weighted by atomic mass is 32.1. The van der Waals surface area contributed by atoms with Gasteiger partial charge in [-0.05, 0) is 44.9 Å². The number of nitrogens with zero attached hydrogens (tertiary/aromatic N) is 2. The molecule has 1 aliphatic carbocycles. The van der Waals surface area contributed by atoms with Gasteiger partial charge in [-0.25, -0.2) is 9.78 Å². The summed E-state index contributed by atoms with van der Waals surface area (Å²) in [6, 6.07) is -0.520. The first-order valence-electron chi connectivity index (χ1n) is 8.84. The summed E-state index contributed by atoms with van der Waals surface area (Å²) >= 11 is 1.65. The van der Waals surface area contributed by atoms with E-state index in [0.29, 0.717) is 5.92 Å². The van der Waals surface area contributed by atoms with Gasteiger partial charge in [-0.1, -0.05) is 6.92 Å². The van der Waals surface area contributed by atoms with Crippen LogP contribution in [0.3, 0.4) is 0 Å². The lowest BCUT2D eigenvalue weighted by Gasteiger charge is -2.33. The number of nitrogens with one attached hydrogen (secondary N) is 1. The van der Waals surface area contributed by atoms with Crippen molar-refractivity contribution >= 4 is 17.4 Å². The third-order valence-electron chi connectivity index (χ3n) is 5.16. The van der Waals surface area contributed by atoms with Crippen molar-refractivity contribution in [3.05, 3.63) is 15.6 Å². The maximum absolute atomic E-state index is 12.7. The Hall–Kier alpha value is -1.31. The van der Waals surface area contributed by atoms with Crippen molar-refractivity contribution in [2.24, 2.45) is 11.8 Å². The number of hydrogen-bond donors (Lipinski definition) is 1. The summed E-state index contributed by atoms with van der Waals surface area (Å²) in [6.07, 6.45) is -1.03. The molecule has 0 radical (unpaired) electrons. The van der Waals surface area contributed by atoms with E-state index in [1.54, 1.807) is 11.3 Å². The van der Waals surface area contributed by atoms with E-state index in [9.17, 15) is 18.0 Å². The van der Waals surface area contributed by atoms with Crippen LogP contribution in [-0.2, 0) is 12.8 Å². The normalized spacial score (nSPS) is 23.2. The van der Waals surface area contributed by atoms with Gasteiger partial charge >= 0.3 is 12.2 Å². The van der Waals surface area contributed by atoms with Crippen molar-refractivity contribution in [1.29, 1.82) is 0 Å². The lowest BCUT2D eigenvalue weighted by molar-refractivity contribution is -0.183. The molecular weight excluding hydrogens is 351 g/mol. The zero-order chi connectivity index (χ0) is 18.2. The summed E-state index contributed by atoms with van der Waals surface area (Å²) in [6.45, 7) is 4.41. The predicted octanol–water partition coefficient (Wildman–Crippen LogP) is 4.31. The van der Waals surface area contributed by atoms with Crippen molar-refractivity contribution < 1.29 is 18.0 Å². The number of likely N-dealkylation sites (tertiary alicyclic amines) is 1. The standard InChI is InChI=1S/C17H24F3N3OS/c1-10-3-4-13-14(9-10)25-15(22-13)11(2)21-16(24)23-7-5-12(6-8-23)17(18,19)20/h10-12H,3-9H2,1-2H3,(H,21,24). The fraction of sp³-hybridized carbons (Fsp3) is 0.765. The number of thiazole rings is 1. The molecule has 4 nitrogen and oxygen atoms in total. The van der Waals surface area contributed by atoms with Crippen LogP contribution in [-0.4, -0.2) is 35.2 Å². The highest BCUT2D eigenvalue weighted by Gasteiger charge is 2.41. The van der Waals surface area contributed by atoms with Crippen LogP contribution in [0.2, 0.25) is 0 Å². The molecule has 1 aromatic heterocycles. The number of aryl methyl sites for hydroxylation is 1. The third kappa shape index (κ3) is 4.27. The molecule has 0 aromatic carbocycles. The molecule has 2 aliphatic rings. The molecule has 1 fully saturated rings. The van der Waals surface area contributed by atoms with Crippen LogP contribution in [0.15, 0.2) is 0 Å². The van der Waals surface area contributed by atoms with Gasteiger partial charge in [0, 0.05) is 18.0 Å². The fourth-order valence-corrected chi connectivity index (χ4v) is 4.77. The Kier molecular flexibility index (Phi) is 5.27. The van der Waals surface area contributed by atoms with Crippen molar-refractivity contribution in [1.82, 2.24) is 15.2 Å². The van der Waals surface area contributed by atoms with Gasteiger partial charge in [-0.2, -0.15) is 13.2 Å². The number of piperidine rings is 1. The van der Waals surface area contributed by atoms with Gasteiger partial charge in [0.15, 0.2) is 0 Å². The molecule has 140 valence electrons. The van der Waals surface area contributed by atoms with Gasteiger partial charge in [0.25, 0.3) is 0 Å². The zero-order valence-electron chi connectivity index (χ0n) is 14.5. The maximum Gasteiger partial charge on any atom is 0.391 e.